The van der Waals surface area contributed by atoms with E-state index >= 15 is 0 Å². The zero-order chi connectivity index (χ0) is 9.90. The first-order chi connectivity index (χ1) is 6.10. The lowest BCUT2D eigenvalue weighted by Gasteiger charge is -1.99. The van der Waals surface area contributed by atoms with E-state index in [0.29, 0.717) is 12.2 Å². The van der Waals surface area contributed by atoms with Crippen molar-refractivity contribution in [3.63, 3.8) is 0 Å². The van der Waals surface area contributed by atoms with Gasteiger partial charge in [0.15, 0.2) is 5.03 Å². The summed E-state index contributed by atoms with van der Waals surface area (Å²) in [5.74, 6) is 0.622. The molecule has 13 heavy (non-hydrogen) atoms. The van der Waals surface area contributed by atoms with Gasteiger partial charge < -0.3 is 4.98 Å². The molecule has 0 radical (unpaired) electrons. The quantitative estimate of drug-likeness (QED) is 0.667. The van der Waals surface area contributed by atoms with Gasteiger partial charge in [-0.3, -0.25) is 4.84 Å². The van der Waals surface area contributed by atoms with E-state index < -0.39 is 10.0 Å². The Kier molecular flexibility index (Phi) is 3.02. The highest BCUT2D eigenvalue weighted by Gasteiger charge is 2.15. The monoisotopic (exact) mass is 205 g/mol. The smallest absolute Gasteiger partial charge is 0.279 e. The molecule has 0 bridgehead atoms. The molecule has 0 saturated heterocycles. The summed E-state index contributed by atoms with van der Waals surface area (Å²) in [6.45, 7) is 1.87. The number of H-pyrrole nitrogens is 1. The maximum atomic E-state index is 11.3. The highest BCUT2D eigenvalue weighted by atomic mass is 32.2. The molecule has 1 aromatic rings. The molecule has 0 spiro atoms. The van der Waals surface area contributed by atoms with Crippen LogP contribution in [0.5, 0.6) is 0 Å². The maximum Gasteiger partial charge on any atom is 0.279 e. The van der Waals surface area contributed by atoms with Crippen LogP contribution in [0.3, 0.4) is 0 Å². The number of nitrogens with one attached hydrogen (secondary N) is 2. The number of nitrogens with zero attached hydrogens (tertiary/aromatic N) is 1. The Morgan fingerprint density at radius 2 is 2.38 bits per heavy atom. The molecule has 1 aromatic heterocycles. The SMILES string of the molecule is CCc1ncc(S(=O)(=O)NOC)[nH]1. The van der Waals surface area contributed by atoms with Crippen molar-refractivity contribution in [1.82, 2.24) is 14.9 Å². The Bertz CT molecular complexity index is 370. The van der Waals surface area contributed by atoms with Crippen molar-refractivity contribution < 1.29 is 13.3 Å². The van der Waals surface area contributed by atoms with Gasteiger partial charge in [0, 0.05) is 6.42 Å². The van der Waals surface area contributed by atoms with Crippen LogP contribution in [0.2, 0.25) is 0 Å². The second-order valence-corrected chi connectivity index (χ2v) is 3.95. The van der Waals surface area contributed by atoms with Crippen LogP contribution < -0.4 is 4.89 Å². The number of hydrogen-bond acceptors (Lipinski definition) is 4. The van der Waals surface area contributed by atoms with Crippen molar-refractivity contribution in [2.45, 2.75) is 18.4 Å². The molecule has 1 heterocycles. The number of aryl methyl sites for hydroxylation is 1. The van der Waals surface area contributed by atoms with E-state index in [1.165, 1.54) is 13.3 Å². The van der Waals surface area contributed by atoms with Gasteiger partial charge in [-0.2, -0.15) is 0 Å². The van der Waals surface area contributed by atoms with Crippen molar-refractivity contribution >= 4 is 10.0 Å². The average molecular weight is 205 g/mol. The number of imidazole rings is 1. The van der Waals surface area contributed by atoms with Crippen LogP contribution in [0.15, 0.2) is 11.2 Å². The molecule has 0 aliphatic rings. The molecule has 0 aliphatic carbocycles. The van der Waals surface area contributed by atoms with Gasteiger partial charge in [-0.25, -0.2) is 13.4 Å². The van der Waals surface area contributed by atoms with E-state index in [-0.39, 0.29) is 5.03 Å². The molecule has 6 nitrogen and oxygen atoms in total. The molecule has 2 N–H and O–H groups in total. The fourth-order valence-electron chi connectivity index (χ4n) is 0.814. The molecule has 0 saturated carbocycles. The van der Waals surface area contributed by atoms with Crippen LogP contribution in [-0.2, 0) is 21.3 Å². The molecule has 7 heteroatoms. The summed E-state index contributed by atoms with van der Waals surface area (Å²) in [6.07, 6.45) is 1.91. The summed E-state index contributed by atoms with van der Waals surface area (Å²) in [6, 6.07) is 0. The molecule has 0 amide bonds. The summed E-state index contributed by atoms with van der Waals surface area (Å²) < 4.78 is 22.5. The number of aromatic amines is 1. The largest absolute Gasteiger partial charge is 0.332 e. The number of aromatic nitrogens is 2. The summed E-state index contributed by atoms with van der Waals surface area (Å²) in [5, 5.41) is 0.00574. The fraction of sp³-hybridized carbons (Fsp3) is 0.500. The topological polar surface area (TPSA) is 84.1 Å². The number of sulfonamides is 1. The minimum atomic E-state index is -3.59. The number of rotatable bonds is 4. The molecule has 0 aromatic carbocycles. The van der Waals surface area contributed by atoms with E-state index in [1.807, 2.05) is 11.8 Å². The average Bonchev–Trinajstić information content (AvgIpc) is 2.52. The highest BCUT2D eigenvalue weighted by Crippen LogP contribution is 2.04. The van der Waals surface area contributed by atoms with Gasteiger partial charge in [-0.1, -0.05) is 11.8 Å². The zero-order valence-electron chi connectivity index (χ0n) is 7.36. The van der Waals surface area contributed by atoms with Gasteiger partial charge >= 0.3 is 0 Å². The van der Waals surface area contributed by atoms with Crippen LogP contribution >= 0.6 is 0 Å². The maximum absolute atomic E-state index is 11.3. The third-order valence-electron chi connectivity index (χ3n) is 1.42. The van der Waals surface area contributed by atoms with Crippen LogP contribution in [-0.4, -0.2) is 25.5 Å². The highest BCUT2D eigenvalue weighted by molar-refractivity contribution is 7.89. The third-order valence-corrected chi connectivity index (χ3v) is 2.60. The first-order valence-corrected chi connectivity index (χ1v) is 5.17. The molecular weight excluding hydrogens is 194 g/mol. The lowest BCUT2D eigenvalue weighted by Crippen LogP contribution is -2.22. The minimum Gasteiger partial charge on any atom is -0.332 e. The Morgan fingerprint density at radius 3 is 2.85 bits per heavy atom. The van der Waals surface area contributed by atoms with Crippen molar-refractivity contribution in [3.05, 3.63) is 12.0 Å². The standard InChI is InChI=1S/C6H11N3O3S/c1-3-5-7-4-6(8-5)13(10,11)9-12-2/h4,9H,3H2,1-2H3,(H,7,8). The molecule has 0 atom stereocenters. The third kappa shape index (κ3) is 2.27. The van der Waals surface area contributed by atoms with Crippen molar-refractivity contribution in [2.24, 2.45) is 0 Å². The molecule has 0 unspecified atom stereocenters. The van der Waals surface area contributed by atoms with Gasteiger partial charge in [0.25, 0.3) is 10.0 Å². The lowest BCUT2D eigenvalue weighted by atomic mass is 10.5. The van der Waals surface area contributed by atoms with Crippen molar-refractivity contribution in [1.29, 1.82) is 0 Å². The van der Waals surface area contributed by atoms with Crippen LogP contribution in [0.4, 0.5) is 0 Å². The van der Waals surface area contributed by atoms with Crippen LogP contribution in [0.1, 0.15) is 12.7 Å². The van der Waals surface area contributed by atoms with E-state index in [9.17, 15) is 8.42 Å². The Morgan fingerprint density at radius 1 is 1.69 bits per heavy atom. The molecule has 1 rings (SSSR count). The molecule has 0 aliphatic heterocycles. The summed E-state index contributed by atoms with van der Waals surface area (Å²) in [7, 11) is -2.36. The second-order valence-electron chi connectivity index (χ2n) is 2.34. The van der Waals surface area contributed by atoms with E-state index in [2.05, 4.69) is 14.8 Å². The first kappa shape index (κ1) is 10.2. The summed E-state index contributed by atoms with van der Waals surface area (Å²) >= 11 is 0. The second kappa shape index (κ2) is 3.86. The molecule has 0 fully saturated rings. The van der Waals surface area contributed by atoms with Crippen LogP contribution in [0, 0.1) is 0 Å². The van der Waals surface area contributed by atoms with Crippen molar-refractivity contribution in [3.8, 4) is 0 Å². The van der Waals surface area contributed by atoms with E-state index in [0.717, 1.165) is 0 Å². The van der Waals surface area contributed by atoms with E-state index in [1.54, 1.807) is 0 Å². The normalized spacial score (nSPS) is 11.8. The minimum absolute atomic E-state index is 0.00574. The van der Waals surface area contributed by atoms with Crippen LogP contribution in [0.25, 0.3) is 0 Å². The first-order valence-electron chi connectivity index (χ1n) is 3.69. The predicted molar refractivity (Wildman–Crippen MR) is 45.3 cm³/mol. The fourth-order valence-corrected chi connectivity index (χ4v) is 1.57. The predicted octanol–water partition coefficient (Wildman–Crippen LogP) is -0.188. The van der Waals surface area contributed by atoms with Gasteiger partial charge in [0.1, 0.15) is 5.82 Å². The van der Waals surface area contributed by atoms with Gasteiger partial charge in [0.2, 0.25) is 0 Å². The molecular formula is C6H11N3O3S. The van der Waals surface area contributed by atoms with Crippen molar-refractivity contribution in [2.75, 3.05) is 7.11 Å². The Hall–Kier alpha value is -0.920. The van der Waals surface area contributed by atoms with Gasteiger partial charge in [-0.05, 0) is 0 Å². The van der Waals surface area contributed by atoms with Gasteiger partial charge in [0.05, 0.1) is 13.3 Å². The Labute approximate surface area is 76.3 Å². The molecule has 74 valence electrons. The van der Waals surface area contributed by atoms with E-state index in [4.69, 9.17) is 0 Å². The van der Waals surface area contributed by atoms with Gasteiger partial charge in [-0.15, -0.1) is 0 Å². The Balaban J connectivity index is 2.94. The lowest BCUT2D eigenvalue weighted by molar-refractivity contribution is 0.153. The number of hydrogen-bond donors (Lipinski definition) is 2. The summed E-state index contributed by atoms with van der Waals surface area (Å²) in [4.78, 5) is 12.7. The zero-order valence-corrected chi connectivity index (χ0v) is 8.18. The summed E-state index contributed by atoms with van der Waals surface area (Å²) in [5.41, 5.74) is 0.